The van der Waals surface area contributed by atoms with Gasteiger partial charge in [-0.25, -0.2) is 0 Å². The molecule has 0 bridgehead atoms. The molecule has 0 heterocycles. The number of benzene rings is 2. The van der Waals surface area contributed by atoms with Crippen LogP contribution in [0.5, 0.6) is 0 Å². The van der Waals surface area contributed by atoms with Gasteiger partial charge >= 0.3 is 0 Å². The van der Waals surface area contributed by atoms with E-state index in [0.29, 0.717) is 6.42 Å². The maximum absolute atomic E-state index is 12.1. The van der Waals surface area contributed by atoms with Crippen LogP contribution >= 0.6 is 0 Å². The van der Waals surface area contributed by atoms with Crippen LogP contribution in [-0.2, 0) is 27.4 Å². The Bertz CT molecular complexity index is 690. The summed E-state index contributed by atoms with van der Waals surface area (Å²) in [7, 11) is -1.07. The molecule has 0 fully saturated rings. The predicted octanol–water partition coefficient (Wildman–Crippen LogP) is 5.76. The first-order chi connectivity index (χ1) is 14.9. The average molecular weight is 442 g/mol. The number of hydrogen-bond donors (Lipinski definition) is 0. The minimum Gasteiger partial charge on any atom is -0.356 e. The molecule has 0 radical (unpaired) electrons. The van der Waals surface area contributed by atoms with Crippen molar-refractivity contribution < 1.29 is 14.3 Å². The second-order valence-electron chi connectivity index (χ2n) is 9.36. The molecular formula is C26H39NO3Si. The summed E-state index contributed by atoms with van der Waals surface area (Å²) in [5, 5.41) is 0. The Hall–Kier alpha value is -1.79. The van der Waals surface area contributed by atoms with E-state index in [1.807, 2.05) is 0 Å². The summed E-state index contributed by atoms with van der Waals surface area (Å²) in [6.45, 7) is 10.9. The summed E-state index contributed by atoms with van der Waals surface area (Å²) in [6, 6.07) is 22.3. The van der Waals surface area contributed by atoms with Crippen LogP contribution in [0.1, 0.15) is 30.4 Å². The lowest BCUT2D eigenvalue weighted by atomic mass is 10.1. The van der Waals surface area contributed by atoms with Crippen molar-refractivity contribution in [3.05, 3.63) is 71.8 Å². The molecule has 0 aliphatic rings. The zero-order valence-electron chi connectivity index (χ0n) is 19.5. The van der Waals surface area contributed by atoms with Gasteiger partial charge in [-0.15, -0.1) is 0 Å². The molecule has 170 valence electrons. The molecule has 0 saturated heterocycles. The van der Waals surface area contributed by atoms with Crippen molar-refractivity contribution in [2.75, 3.05) is 26.6 Å². The SMILES string of the molecule is C[Si](C)(C)CCOCOCC(=O)CCCCN(Cc1ccccc1)Cc1ccccc1. The fourth-order valence-corrected chi connectivity index (χ4v) is 4.04. The molecule has 0 N–H and O–H groups in total. The smallest absolute Gasteiger partial charge is 0.158 e. The Balaban J connectivity index is 1.65. The van der Waals surface area contributed by atoms with Crippen molar-refractivity contribution in [1.29, 1.82) is 0 Å². The van der Waals surface area contributed by atoms with E-state index in [1.54, 1.807) is 0 Å². The highest BCUT2D eigenvalue weighted by Crippen LogP contribution is 2.12. The summed E-state index contributed by atoms with van der Waals surface area (Å²) in [5.74, 6) is 0.159. The fourth-order valence-electron chi connectivity index (χ4n) is 3.28. The van der Waals surface area contributed by atoms with Gasteiger partial charge in [0.15, 0.2) is 5.78 Å². The minimum atomic E-state index is -1.07. The van der Waals surface area contributed by atoms with Crippen molar-refractivity contribution in [3.8, 4) is 0 Å². The van der Waals surface area contributed by atoms with Crippen LogP contribution in [0.25, 0.3) is 0 Å². The molecular weight excluding hydrogens is 402 g/mol. The largest absolute Gasteiger partial charge is 0.356 e. The fraction of sp³-hybridized carbons (Fsp3) is 0.500. The third-order valence-corrected chi connectivity index (χ3v) is 6.81. The maximum atomic E-state index is 12.1. The molecule has 2 rings (SSSR count). The number of rotatable bonds is 16. The van der Waals surface area contributed by atoms with Crippen LogP contribution in [0.2, 0.25) is 25.7 Å². The summed E-state index contributed by atoms with van der Waals surface area (Å²) in [6.07, 6.45) is 2.45. The van der Waals surface area contributed by atoms with E-state index in [-0.39, 0.29) is 19.2 Å². The molecule has 5 heteroatoms. The summed E-state index contributed by atoms with van der Waals surface area (Å²) in [4.78, 5) is 14.5. The number of carbonyl (C=O) groups excluding carboxylic acids is 1. The van der Waals surface area contributed by atoms with Gasteiger partial charge in [0.2, 0.25) is 0 Å². The maximum Gasteiger partial charge on any atom is 0.158 e. The molecule has 0 aliphatic heterocycles. The van der Waals surface area contributed by atoms with Crippen LogP contribution in [-0.4, -0.2) is 45.3 Å². The minimum absolute atomic E-state index is 0.157. The zero-order valence-corrected chi connectivity index (χ0v) is 20.5. The number of nitrogens with zero attached hydrogens (tertiary/aromatic N) is 1. The van der Waals surface area contributed by atoms with Gasteiger partial charge in [-0.1, -0.05) is 80.3 Å². The van der Waals surface area contributed by atoms with Gasteiger partial charge in [0, 0.05) is 34.2 Å². The quantitative estimate of drug-likeness (QED) is 0.189. The predicted molar refractivity (Wildman–Crippen MR) is 131 cm³/mol. The van der Waals surface area contributed by atoms with Crippen molar-refractivity contribution in [1.82, 2.24) is 4.90 Å². The van der Waals surface area contributed by atoms with Crippen LogP contribution in [0.15, 0.2) is 60.7 Å². The van der Waals surface area contributed by atoms with Crippen LogP contribution in [0.3, 0.4) is 0 Å². The molecule has 0 amide bonds. The third-order valence-electron chi connectivity index (χ3n) is 5.10. The summed E-state index contributed by atoms with van der Waals surface area (Å²) in [5.41, 5.74) is 2.63. The van der Waals surface area contributed by atoms with Crippen molar-refractivity contribution in [3.63, 3.8) is 0 Å². The lowest BCUT2D eigenvalue weighted by molar-refractivity contribution is -0.129. The van der Waals surface area contributed by atoms with Crippen LogP contribution in [0, 0.1) is 0 Å². The molecule has 0 atom stereocenters. The summed E-state index contributed by atoms with van der Waals surface area (Å²) >= 11 is 0. The van der Waals surface area contributed by atoms with Gasteiger partial charge in [-0.05, 0) is 36.6 Å². The van der Waals surface area contributed by atoms with Gasteiger partial charge in [0.1, 0.15) is 13.4 Å². The molecule has 0 aliphatic carbocycles. The Morgan fingerprint density at radius 1 is 0.839 bits per heavy atom. The normalized spacial score (nSPS) is 11.7. The topological polar surface area (TPSA) is 38.8 Å². The molecule has 2 aromatic carbocycles. The first-order valence-corrected chi connectivity index (χ1v) is 15.1. The lowest BCUT2D eigenvalue weighted by Crippen LogP contribution is -2.24. The van der Waals surface area contributed by atoms with Gasteiger partial charge in [-0.2, -0.15) is 0 Å². The highest BCUT2D eigenvalue weighted by molar-refractivity contribution is 6.76. The Kier molecular flexibility index (Phi) is 11.8. The van der Waals surface area contributed by atoms with Gasteiger partial charge in [0.25, 0.3) is 0 Å². The lowest BCUT2D eigenvalue weighted by Gasteiger charge is -2.22. The molecule has 31 heavy (non-hydrogen) atoms. The van der Waals surface area contributed by atoms with E-state index in [2.05, 4.69) is 85.2 Å². The highest BCUT2D eigenvalue weighted by atomic mass is 28.3. The second kappa shape index (κ2) is 14.3. The number of ketones is 1. The Labute approximate surface area is 189 Å². The first kappa shape index (κ1) is 25.5. The van der Waals surface area contributed by atoms with Gasteiger partial charge in [0.05, 0.1) is 0 Å². The number of Topliss-reactive ketones (excluding diaryl/α,β-unsaturated/α-hetero) is 1. The second-order valence-corrected chi connectivity index (χ2v) is 15.0. The van der Waals surface area contributed by atoms with E-state index in [9.17, 15) is 4.79 Å². The average Bonchev–Trinajstić information content (AvgIpc) is 2.74. The van der Waals surface area contributed by atoms with E-state index in [4.69, 9.17) is 9.47 Å². The van der Waals surface area contributed by atoms with E-state index in [1.165, 1.54) is 11.1 Å². The third kappa shape index (κ3) is 12.6. The van der Waals surface area contributed by atoms with Crippen molar-refractivity contribution in [2.45, 2.75) is 58.0 Å². The van der Waals surface area contributed by atoms with Gasteiger partial charge < -0.3 is 9.47 Å². The monoisotopic (exact) mass is 441 g/mol. The van der Waals surface area contributed by atoms with Crippen molar-refractivity contribution >= 4 is 13.9 Å². The van der Waals surface area contributed by atoms with E-state index in [0.717, 1.165) is 45.1 Å². The van der Waals surface area contributed by atoms with E-state index >= 15 is 0 Å². The number of carbonyl (C=O) groups is 1. The zero-order chi connectivity index (χ0) is 22.4. The molecule has 2 aromatic rings. The van der Waals surface area contributed by atoms with Crippen LogP contribution in [0.4, 0.5) is 0 Å². The van der Waals surface area contributed by atoms with Gasteiger partial charge in [-0.3, -0.25) is 9.69 Å². The molecule has 0 saturated carbocycles. The number of hydrogen-bond acceptors (Lipinski definition) is 4. The molecule has 0 unspecified atom stereocenters. The number of unbranched alkanes of at least 4 members (excludes halogenated alkanes) is 1. The molecule has 0 spiro atoms. The Morgan fingerprint density at radius 2 is 1.42 bits per heavy atom. The summed E-state index contributed by atoms with van der Waals surface area (Å²) < 4.78 is 10.9. The standard InChI is InChI=1S/C26H39NO3Si/c1-31(2,3)19-18-29-23-30-22-26(28)16-10-11-17-27(20-24-12-6-4-7-13-24)21-25-14-8-5-9-15-25/h4-9,12-15H,10-11,16-23H2,1-3H3. The Morgan fingerprint density at radius 3 is 1.97 bits per heavy atom. The van der Waals surface area contributed by atoms with E-state index < -0.39 is 8.07 Å². The molecule has 0 aromatic heterocycles. The highest BCUT2D eigenvalue weighted by Gasteiger charge is 2.12. The first-order valence-electron chi connectivity index (χ1n) is 11.4. The van der Waals surface area contributed by atoms with Crippen LogP contribution < -0.4 is 0 Å². The molecule has 4 nitrogen and oxygen atoms in total. The number of ether oxygens (including phenoxy) is 2. The van der Waals surface area contributed by atoms with Crippen molar-refractivity contribution in [2.24, 2.45) is 0 Å².